The van der Waals surface area contributed by atoms with E-state index in [9.17, 15) is 9.59 Å². The van der Waals surface area contributed by atoms with E-state index in [1.54, 1.807) is 7.11 Å². The Labute approximate surface area is 147 Å². The minimum atomic E-state index is -0.500. The van der Waals surface area contributed by atoms with Crippen molar-refractivity contribution in [2.24, 2.45) is 0 Å². The second kappa shape index (κ2) is 7.34. The van der Waals surface area contributed by atoms with Crippen LogP contribution in [0.3, 0.4) is 0 Å². The summed E-state index contributed by atoms with van der Waals surface area (Å²) in [6.45, 7) is 0. The lowest BCUT2D eigenvalue weighted by molar-refractivity contribution is -0.135. The van der Waals surface area contributed by atoms with Gasteiger partial charge < -0.3 is 9.47 Å². The van der Waals surface area contributed by atoms with Gasteiger partial charge in [0, 0.05) is 29.9 Å². The highest BCUT2D eigenvalue weighted by Crippen LogP contribution is 2.47. The Morgan fingerprint density at radius 3 is 2.28 bits per heavy atom. The summed E-state index contributed by atoms with van der Waals surface area (Å²) < 4.78 is 9.95. The van der Waals surface area contributed by atoms with E-state index < -0.39 is 5.97 Å². The van der Waals surface area contributed by atoms with Gasteiger partial charge in [0.2, 0.25) is 0 Å². The maximum absolute atomic E-state index is 12.6. The molecular weight excluding hydrogens is 316 g/mol. The monoisotopic (exact) mass is 336 g/mol. The number of methoxy groups -OCH3 is 2. The van der Waals surface area contributed by atoms with E-state index in [0.717, 1.165) is 16.9 Å². The summed E-state index contributed by atoms with van der Waals surface area (Å²) in [6, 6.07) is 17.6. The number of allylic oxidation sites excluding steroid dienone is 1. The van der Waals surface area contributed by atoms with Gasteiger partial charge in [-0.1, -0.05) is 42.5 Å². The van der Waals surface area contributed by atoms with E-state index in [0.29, 0.717) is 12.0 Å². The topological polar surface area (TPSA) is 52.6 Å². The number of ether oxygens (including phenoxy) is 2. The lowest BCUT2D eigenvalue weighted by atomic mass is 9.82. The summed E-state index contributed by atoms with van der Waals surface area (Å²) in [4.78, 5) is 24.4. The summed E-state index contributed by atoms with van der Waals surface area (Å²) in [5.41, 5.74) is 2.58. The van der Waals surface area contributed by atoms with Crippen molar-refractivity contribution < 1.29 is 19.1 Å². The first-order chi connectivity index (χ1) is 12.1. The Bertz CT molecular complexity index is 790. The summed E-state index contributed by atoms with van der Waals surface area (Å²) in [6.07, 6.45) is 1.71. The van der Waals surface area contributed by atoms with Crippen LogP contribution in [0.5, 0.6) is 5.75 Å². The molecule has 4 nitrogen and oxygen atoms in total. The maximum Gasteiger partial charge on any atom is 0.330 e. The molecule has 2 aromatic rings. The molecule has 2 aromatic carbocycles. The third-order valence-electron chi connectivity index (χ3n) is 4.64. The SMILES string of the molecule is COC(=O)/C=C1\C(=O)C[C@H](c2ccc(OC)cc2)[C@H]1c1ccccc1. The van der Waals surface area contributed by atoms with Crippen LogP contribution in [0, 0.1) is 0 Å². The van der Waals surface area contributed by atoms with Crippen molar-refractivity contribution in [3.8, 4) is 5.75 Å². The van der Waals surface area contributed by atoms with Crippen molar-refractivity contribution in [2.45, 2.75) is 18.3 Å². The van der Waals surface area contributed by atoms with Gasteiger partial charge in [-0.25, -0.2) is 4.79 Å². The second-order valence-electron chi connectivity index (χ2n) is 6.02. The number of ketones is 1. The average Bonchev–Trinajstić information content (AvgIpc) is 2.98. The van der Waals surface area contributed by atoms with Crippen LogP contribution in [-0.2, 0) is 14.3 Å². The molecule has 0 unspecified atom stereocenters. The molecule has 3 rings (SSSR count). The van der Waals surface area contributed by atoms with Crippen molar-refractivity contribution in [1.29, 1.82) is 0 Å². The molecule has 0 saturated heterocycles. The molecule has 0 N–H and O–H groups in total. The van der Waals surface area contributed by atoms with Gasteiger partial charge in [-0.2, -0.15) is 0 Å². The van der Waals surface area contributed by atoms with Crippen LogP contribution in [-0.4, -0.2) is 26.0 Å². The van der Waals surface area contributed by atoms with Crippen molar-refractivity contribution in [1.82, 2.24) is 0 Å². The zero-order valence-electron chi connectivity index (χ0n) is 14.3. The third kappa shape index (κ3) is 3.48. The van der Waals surface area contributed by atoms with Crippen LogP contribution in [0.15, 0.2) is 66.2 Å². The fourth-order valence-electron chi connectivity index (χ4n) is 3.42. The average molecular weight is 336 g/mol. The molecule has 0 aliphatic heterocycles. The van der Waals surface area contributed by atoms with Crippen molar-refractivity contribution in [2.75, 3.05) is 14.2 Å². The molecule has 1 fully saturated rings. The van der Waals surface area contributed by atoms with E-state index in [4.69, 9.17) is 9.47 Å². The van der Waals surface area contributed by atoms with Crippen molar-refractivity contribution in [3.63, 3.8) is 0 Å². The zero-order chi connectivity index (χ0) is 17.8. The first kappa shape index (κ1) is 17.0. The molecular formula is C21H20O4. The number of rotatable bonds is 4. The van der Waals surface area contributed by atoms with Gasteiger partial charge in [-0.05, 0) is 23.3 Å². The molecule has 0 bridgehead atoms. The van der Waals surface area contributed by atoms with Crippen LogP contribution >= 0.6 is 0 Å². The predicted molar refractivity (Wildman–Crippen MR) is 94.6 cm³/mol. The molecule has 0 radical (unpaired) electrons. The molecule has 1 aliphatic carbocycles. The Morgan fingerprint density at radius 2 is 1.68 bits per heavy atom. The molecule has 2 atom stereocenters. The third-order valence-corrected chi connectivity index (χ3v) is 4.64. The molecule has 0 amide bonds. The van der Waals surface area contributed by atoms with E-state index in [2.05, 4.69) is 0 Å². The van der Waals surface area contributed by atoms with Crippen LogP contribution < -0.4 is 4.74 Å². The van der Waals surface area contributed by atoms with E-state index in [-0.39, 0.29) is 17.6 Å². The van der Waals surface area contributed by atoms with Gasteiger partial charge in [0.15, 0.2) is 5.78 Å². The first-order valence-corrected chi connectivity index (χ1v) is 8.15. The molecule has 128 valence electrons. The van der Waals surface area contributed by atoms with Gasteiger partial charge in [-0.15, -0.1) is 0 Å². The molecule has 0 aromatic heterocycles. The van der Waals surface area contributed by atoms with E-state index >= 15 is 0 Å². The van der Waals surface area contributed by atoms with E-state index in [1.807, 2.05) is 54.6 Å². The number of benzene rings is 2. The molecule has 0 spiro atoms. The zero-order valence-corrected chi connectivity index (χ0v) is 14.3. The van der Waals surface area contributed by atoms with Crippen LogP contribution in [0.2, 0.25) is 0 Å². The highest BCUT2D eigenvalue weighted by atomic mass is 16.5. The maximum atomic E-state index is 12.6. The second-order valence-corrected chi connectivity index (χ2v) is 6.02. The normalized spacial score (nSPS) is 21.4. The fraction of sp³-hybridized carbons (Fsp3) is 0.238. The lowest BCUT2D eigenvalue weighted by Gasteiger charge is -2.21. The molecule has 0 heterocycles. The van der Waals surface area contributed by atoms with Crippen molar-refractivity contribution in [3.05, 3.63) is 77.4 Å². The molecule has 1 saturated carbocycles. The van der Waals surface area contributed by atoms with Gasteiger partial charge in [0.05, 0.1) is 14.2 Å². The fourth-order valence-corrected chi connectivity index (χ4v) is 3.42. The molecule has 1 aliphatic rings. The highest BCUT2D eigenvalue weighted by Gasteiger charge is 2.40. The number of hydrogen-bond acceptors (Lipinski definition) is 4. The summed E-state index contributed by atoms with van der Waals surface area (Å²) >= 11 is 0. The molecule has 4 heteroatoms. The summed E-state index contributed by atoms with van der Waals surface area (Å²) in [7, 11) is 2.94. The number of carbonyl (C=O) groups is 2. The molecule has 25 heavy (non-hydrogen) atoms. The Morgan fingerprint density at radius 1 is 1.00 bits per heavy atom. The minimum Gasteiger partial charge on any atom is -0.497 e. The highest BCUT2D eigenvalue weighted by molar-refractivity contribution is 6.05. The standard InChI is InChI=1S/C21H20O4/c1-24-16-10-8-14(9-11-16)17-12-19(22)18(13-20(23)25-2)21(17)15-6-4-3-5-7-15/h3-11,13,17,21H,12H2,1-2H3/b18-13+/t17-,21-/m1/s1. The van der Waals surface area contributed by atoms with Crippen LogP contribution in [0.4, 0.5) is 0 Å². The minimum absolute atomic E-state index is 0.0138. The van der Waals surface area contributed by atoms with Gasteiger partial charge in [0.1, 0.15) is 5.75 Å². The number of Topliss-reactive ketones (excluding diaryl/α,β-unsaturated/α-hetero) is 1. The van der Waals surface area contributed by atoms with Crippen molar-refractivity contribution >= 4 is 11.8 Å². The van der Waals surface area contributed by atoms with Crippen LogP contribution in [0.25, 0.3) is 0 Å². The summed E-state index contributed by atoms with van der Waals surface area (Å²) in [5, 5.41) is 0. The first-order valence-electron chi connectivity index (χ1n) is 8.15. The van der Waals surface area contributed by atoms with Gasteiger partial charge >= 0.3 is 5.97 Å². The Balaban J connectivity index is 2.05. The Kier molecular flexibility index (Phi) is 4.98. The lowest BCUT2D eigenvalue weighted by Crippen LogP contribution is -2.09. The van der Waals surface area contributed by atoms with Gasteiger partial charge in [0.25, 0.3) is 0 Å². The number of hydrogen-bond donors (Lipinski definition) is 0. The number of esters is 1. The van der Waals surface area contributed by atoms with Gasteiger partial charge in [-0.3, -0.25) is 4.79 Å². The predicted octanol–water partition coefficient (Wildman–Crippen LogP) is 3.63. The van der Waals surface area contributed by atoms with Crippen LogP contribution in [0.1, 0.15) is 29.4 Å². The number of carbonyl (C=O) groups excluding carboxylic acids is 2. The van der Waals surface area contributed by atoms with E-state index in [1.165, 1.54) is 13.2 Å². The summed E-state index contributed by atoms with van der Waals surface area (Å²) in [5.74, 6) is 0.0762. The quantitative estimate of drug-likeness (QED) is 0.632. The smallest absolute Gasteiger partial charge is 0.330 e. The largest absolute Gasteiger partial charge is 0.497 e. The Hall–Kier alpha value is -2.88.